The molecule has 1 unspecified atom stereocenters. The maximum Gasteiger partial charge on any atom is 0.220 e. The summed E-state index contributed by atoms with van der Waals surface area (Å²) < 4.78 is 0. The Morgan fingerprint density at radius 1 is 1.29 bits per heavy atom. The van der Waals surface area contributed by atoms with Crippen molar-refractivity contribution in [3.8, 4) is 0 Å². The molecule has 0 saturated heterocycles. The summed E-state index contributed by atoms with van der Waals surface area (Å²) in [7, 11) is 0. The zero-order valence-electron chi connectivity index (χ0n) is 11.6. The minimum Gasteiger partial charge on any atom is -0.354 e. The number of hydrogen-bond acceptors (Lipinski definition) is 1. The van der Waals surface area contributed by atoms with Crippen molar-refractivity contribution < 1.29 is 4.79 Å². The molecule has 0 bridgehead atoms. The van der Waals surface area contributed by atoms with Crippen LogP contribution in [0.4, 0.5) is 0 Å². The van der Waals surface area contributed by atoms with Crippen LogP contribution < -0.4 is 5.32 Å². The molecule has 1 aliphatic carbocycles. The third-order valence-electron chi connectivity index (χ3n) is 3.90. The van der Waals surface area contributed by atoms with Crippen LogP contribution in [0.25, 0.3) is 0 Å². The van der Waals surface area contributed by atoms with Gasteiger partial charge >= 0.3 is 0 Å². The van der Waals surface area contributed by atoms with Gasteiger partial charge in [0.2, 0.25) is 5.91 Å². The molecule has 1 amide bonds. The van der Waals surface area contributed by atoms with Crippen molar-refractivity contribution >= 4 is 5.91 Å². The van der Waals surface area contributed by atoms with Gasteiger partial charge < -0.3 is 5.32 Å². The highest BCUT2D eigenvalue weighted by atomic mass is 16.1. The van der Waals surface area contributed by atoms with Crippen molar-refractivity contribution in [2.75, 3.05) is 0 Å². The van der Waals surface area contributed by atoms with E-state index in [1.807, 2.05) is 0 Å². The molecule has 0 aromatic carbocycles. The zero-order valence-corrected chi connectivity index (χ0v) is 11.6. The third kappa shape index (κ3) is 6.70. The Balaban J connectivity index is 2.02. The van der Waals surface area contributed by atoms with E-state index in [2.05, 4.69) is 19.2 Å². The van der Waals surface area contributed by atoms with Crippen LogP contribution in [0.5, 0.6) is 0 Å². The first-order chi connectivity index (χ1) is 8.22. The molecule has 0 aromatic rings. The largest absolute Gasteiger partial charge is 0.354 e. The molecule has 0 aromatic heterocycles. The Morgan fingerprint density at radius 3 is 2.65 bits per heavy atom. The summed E-state index contributed by atoms with van der Waals surface area (Å²) in [6.07, 6.45) is 12.2. The van der Waals surface area contributed by atoms with E-state index in [0.717, 1.165) is 25.2 Å². The Kier molecular flexibility index (Phi) is 7.30. The quantitative estimate of drug-likeness (QED) is 0.636. The number of carbonyl (C=O) groups is 1. The van der Waals surface area contributed by atoms with Gasteiger partial charge in [-0.3, -0.25) is 4.79 Å². The zero-order chi connectivity index (χ0) is 12.5. The van der Waals surface area contributed by atoms with E-state index in [0.29, 0.717) is 6.04 Å². The van der Waals surface area contributed by atoms with Crippen molar-refractivity contribution in [3.63, 3.8) is 0 Å². The molecule has 1 saturated carbocycles. The van der Waals surface area contributed by atoms with Gasteiger partial charge in [0.25, 0.3) is 0 Å². The maximum absolute atomic E-state index is 11.7. The molecule has 1 atom stereocenters. The standard InChI is InChI=1S/C15H29NO/c1-3-4-5-8-13(2)16-15(17)12-11-14-9-6-7-10-14/h13-14H,3-12H2,1-2H3,(H,16,17). The molecule has 0 aliphatic heterocycles. The molecule has 2 nitrogen and oxygen atoms in total. The number of rotatable bonds is 8. The summed E-state index contributed by atoms with van der Waals surface area (Å²) >= 11 is 0. The second-order valence-electron chi connectivity index (χ2n) is 5.65. The average molecular weight is 239 g/mol. The highest BCUT2D eigenvalue weighted by molar-refractivity contribution is 5.76. The predicted octanol–water partition coefficient (Wildman–Crippen LogP) is 4.04. The molecule has 0 heterocycles. The number of unbranched alkanes of at least 4 members (excludes halogenated alkanes) is 2. The van der Waals surface area contributed by atoms with E-state index < -0.39 is 0 Å². The SMILES string of the molecule is CCCCCC(C)NC(=O)CCC1CCCC1. The minimum atomic E-state index is 0.265. The highest BCUT2D eigenvalue weighted by Crippen LogP contribution is 2.28. The van der Waals surface area contributed by atoms with Crippen LogP contribution in [0.2, 0.25) is 0 Å². The topological polar surface area (TPSA) is 29.1 Å². The van der Waals surface area contributed by atoms with Crippen LogP contribution >= 0.6 is 0 Å². The number of amides is 1. The second-order valence-corrected chi connectivity index (χ2v) is 5.65. The normalized spacial score (nSPS) is 18.2. The number of nitrogens with one attached hydrogen (secondary N) is 1. The number of hydrogen-bond donors (Lipinski definition) is 1. The molecule has 2 heteroatoms. The van der Waals surface area contributed by atoms with Crippen LogP contribution in [-0.2, 0) is 4.79 Å². The van der Waals surface area contributed by atoms with Crippen molar-refractivity contribution in [2.24, 2.45) is 5.92 Å². The van der Waals surface area contributed by atoms with E-state index in [1.54, 1.807) is 0 Å². The third-order valence-corrected chi connectivity index (χ3v) is 3.90. The summed E-state index contributed by atoms with van der Waals surface area (Å²) in [5, 5.41) is 3.12. The Bertz CT molecular complexity index is 209. The van der Waals surface area contributed by atoms with Crippen LogP contribution in [0.15, 0.2) is 0 Å². The smallest absolute Gasteiger partial charge is 0.220 e. The average Bonchev–Trinajstić information content (AvgIpc) is 2.79. The van der Waals surface area contributed by atoms with Crippen molar-refractivity contribution in [2.45, 2.75) is 84.1 Å². The van der Waals surface area contributed by atoms with E-state index in [4.69, 9.17) is 0 Å². The van der Waals surface area contributed by atoms with Crippen molar-refractivity contribution in [1.29, 1.82) is 0 Å². The molecule has 0 radical (unpaired) electrons. The second kappa shape index (κ2) is 8.54. The van der Waals surface area contributed by atoms with Gasteiger partial charge in [0.05, 0.1) is 0 Å². The van der Waals surface area contributed by atoms with Gasteiger partial charge in [-0.2, -0.15) is 0 Å². The van der Waals surface area contributed by atoms with E-state index in [9.17, 15) is 4.79 Å². The lowest BCUT2D eigenvalue weighted by molar-refractivity contribution is -0.122. The first-order valence-corrected chi connectivity index (χ1v) is 7.51. The summed E-state index contributed by atoms with van der Waals surface area (Å²) in [4.78, 5) is 11.7. The maximum atomic E-state index is 11.7. The van der Waals surface area contributed by atoms with Gasteiger partial charge in [0, 0.05) is 12.5 Å². The fourth-order valence-electron chi connectivity index (χ4n) is 2.75. The molecule has 100 valence electrons. The molecule has 1 aliphatic rings. The summed E-state index contributed by atoms with van der Waals surface area (Å²) in [6.45, 7) is 4.34. The first-order valence-electron chi connectivity index (χ1n) is 7.51. The minimum absolute atomic E-state index is 0.265. The van der Waals surface area contributed by atoms with Crippen LogP contribution in [0.1, 0.15) is 78.1 Å². The molecule has 17 heavy (non-hydrogen) atoms. The Hall–Kier alpha value is -0.530. The van der Waals surface area contributed by atoms with E-state index in [1.165, 1.54) is 44.9 Å². The van der Waals surface area contributed by atoms with Crippen LogP contribution in [0.3, 0.4) is 0 Å². The molecule has 0 spiro atoms. The summed E-state index contributed by atoms with van der Waals surface area (Å²) in [5.74, 6) is 1.09. The summed E-state index contributed by atoms with van der Waals surface area (Å²) in [6, 6.07) is 0.359. The van der Waals surface area contributed by atoms with Crippen molar-refractivity contribution in [3.05, 3.63) is 0 Å². The van der Waals surface area contributed by atoms with Gasteiger partial charge in [0.15, 0.2) is 0 Å². The fraction of sp³-hybridized carbons (Fsp3) is 0.933. The molecular formula is C15H29NO. The van der Waals surface area contributed by atoms with Crippen LogP contribution in [0, 0.1) is 5.92 Å². The lowest BCUT2D eigenvalue weighted by Crippen LogP contribution is -2.32. The predicted molar refractivity (Wildman–Crippen MR) is 72.9 cm³/mol. The lowest BCUT2D eigenvalue weighted by Gasteiger charge is -2.14. The van der Waals surface area contributed by atoms with Gasteiger partial charge in [-0.05, 0) is 25.7 Å². The molecule has 1 fully saturated rings. The molecule has 1 rings (SSSR count). The van der Waals surface area contributed by atoms with E-state index in [-0.39, 0.29) is 5.91 Å². The van der Waals surface area contributed by atoms with E-state index >= 15 is 0 Å². The van der Waals surface area contributed by atoms with Gasteiger partial charge in [-0.15, -0.1) is 0 Å². The Morgan fingerprint density at radius 2 is 2.00 bits per heavy atom. The van der Waals surface area contributed by atoms with Crippen molar-refractivity contribution in [1.82, 2.24) is 5.32 Å². The monoisotopic (exact) mass is 239 g/mol. The summed E-state index contributed by atoms with van der Waals surface area (Å²) in [5.41, 5.74) is 0. The Labute approximate surface area is 107 Å². The molecular weight excluding hydrogens is 210 g/mol. The lowest BCUT2D eigenvalue weighted by atomic mass is 10.0. The number of carbonyl (C=O) groups excluding carboxylic acids is 1. The fourth-order valence-corrected chi connectivity index (χ4v) is 2.75. The van der Waals surface area contributed by atoms with Gasteiger partial charge in [-0.25, -0.2) is 0 Å². The van der Waals surface area contributed by atoms with Gasteiger partial charge in [0.1, 0.15) is 0 Å². The van der Waals surface area contributed by atoms with Gasteiger partial charge in [-0.1, -0.05) is 51.9 Å². The highest BCUT2D eigenvalue weighted by Gasteiger charge is 2.16. The molecule has 1 N–H and O–H groups in total. The van der Waals surface area contributed by atoms with Crippen LogP contribution in [-0.4, -0.2) is 11.9 Å². The first kappa shape index (κ1) is 14.5.